The zero-order valence-electron chi connectivity index (χ0n) is 13.8. The molecule has 1 aromatic carbocycles. The molecule has 0 bridgehead atoms. The topological polar surface area (TPSA) is 35.9 Å². The van der Waals surface area contributed by atoms with Gasteiger partial charge in [-0.05, 0) is 38.9 Å². The number of aliphatic hydroxyl groups is 1. The first kappa shape index (κ1) is 16.8. The van der Waals surface area contributed by atoms with Crippen molar-refractivity contribution in [3.05, 3.63) is 35.6 Å². The number of ether oxygens (including phenoxy) is 1. The van der Waals surface area contributed by atoms with Gasteiger partial charge in [0.05, 0.1) is 18.8 Å². The standard InChI is InChI=1S/C18H27FN2O2/c1-14-12-21(10-11-23-14)15-6-8-20(9-7-15)13-18(22)16-4-2-3-5-17(16)19/h2-5,14-15,18,22H,6-13H2,1H3. The van der Waals surface area contributed by atoms with Gasteiger partial charge < -0.3 is 14.7 Å². The zero-order valence-corrected chi connectivity index (χ0v) is 13.8. The maximum Gasteiger partial charge on any atom is 0.129 e. The van der Waals surface area contributed by atoms with Crippen LogP contribution < -0.4 is 0 Å². The van der Waals surface area contributed by atoms with Gasteiger partial charge in [-0.1, -0.05) is 18.2 Å². The van der Waals surface area contributed by atoms with Crippen LogP contribution in [0.25, 0.3) is 0 Å². The zero-order chi connectivity index (χ0) is 16.2. The van der Waals surface area contributed by atoms with Crippen LogP contribution in [0, 0.1) is 5.82 Å². The SMILES string of the molecule is CC1CN(C2CCN(CC(O)c3ccccc3F)CC2)CCO1. The summed E-state index contributed by atoms with van der Waals surface area (Å²) in [6.07, 6.45) is 1.79. The fraction of sp³-hybridized carbons (Fsp3) is 0.667. The first-order valence-corrected chi connectivity index (χ1v) is 8.64. The van der Waals surface area contributed by atoms with E-state index in [1.54, 1.807) is 18.2 Å². The maximum atomic E-state index is 13.7. The Morgan fingerprint density at radius 2 is 2.00 bits per heavy atom. The van der Waals surface area contributed by atoms with Crippen molar-refractivity contribution < 1.29 is 14.2 Å². The Morgan fingerprint density at radius 3 is 2.70 bits per heavy atom. The molecule has 23 heavy (non-hydrogen) atoms. The van der Waals surface area contributed by atoms with E-state index in [1.807, 2.05) is 0 Å². The molecule has 2 saturated heterocycles. The number of likely N-dealkylation sites (tertiary alicyclic amines) is 1. The lowest BCUT2D eigenvalue weighted by molar-refractivity contribution is -0.0450. The summed E-state index contributed by atoms with van der Waals surface area (Å²) in [6.45, 7) is 7.42. The normalized spacial score (nSPS) is 26.3. The Hall–Kier alpha value is -1.01. The molecule has 0 aliphatic carbocycles. The van der Waals surface area contributed by atoms with Gasteiger partial charge in [-0.15, -0.1) is 0 Å². The third-order valence-corrected chi connectivity index (χ3v) is 5.04. The largest absolute Gasteiger partial charge is 0.387 e. The second kappa shape index (κ2) is 7.71. The van der Waals surface area contributed by atoms with Gasteiger partial charge in [-0.2, -0.15) is 0 Å². The molecule has 2 heterocycles. The minimum atomic E-state index is -0.754. The van der Waals surface area contributed by atoms with Gasteiger partial charge >= 0.3 is 0 Å². The number of piperidine rings is 1. The van der Waals surface area contributed by atoms with Crippen molar-refractivity contribution in [1.29, 1.82) is 0 Å². The molecule has 0 spiro atoms. The molecule has 0 radical (unpaired) electrons. The number of aliphatic hydroxyl groups excluding tert-OH is 1. The average Bonchev–Trinajstić information content (AvgIpc) is 2.56. The quantitative estimate of drug-likeness (QED) is 0.920. The molecule has 1 N–H and O–H groups in total. The van der Waals surface area contributed by atoms with Crippen LogP contribution >= 0.6 is 0 Å². The third-order valence-electron chi connectivity index (χ3n) is 5.04. The molecule has 4 nitrogen and oxygen atoms in total. The van der Waals surface area contributed by atoms with E-state index < -0.39 is 6.10 Å². The van der Waals surface area contributed by atoms with Crippen molar-refractivity contribution in [2.45, 2.75) is 38.0 Å². The van der Waals surface area contributed by atoms with Crippen molar-refractivity contribution >= 4 is 0 Å². The maximum absolute atomic E-state index is 13.7. The summed E-state index contributed by atoms with van der Waals surface area (Å²) in [7, 11) is 0. The van der Waals surface area contributed by atoms with E-state index in [-0.39, 0.29) is 5.82 Å². The molecule has 2 atom stereocenters. The number of hydrogen-bond acceptors (Lipinski definition) is 4. The number of β-amino-alcohol motifs (C(OH)–C–C–N with tert-alkyl or cyclic N) is 1. The van der Waals surface area contributed by atoms with Crippen molar-refractivity contribution in [2.24, 2.45) is 0 Å². The molecular formula is C18H27FN2O2. The van der Waals surface area contributed by atoms with Gasteiger partial charge in [0.15, 0.2) is 0 Å². The third kappa shape index (κ3) is 4.29. The lowest BCUT2D eigenvalue weighted by atomic mass is 10.0. The second-order valence-electron chi connectivity index (χ2n) is 6.75. The van der Waals surface area contributed by atoms with Gasteiger partial charge in [0, 0.05) is 31.2 Å². The lowest BCUT2D eigenvalue weighted by Gasteiger charge is -2.42. The lowest BCUT2D eigenvalue weighted by Crippen LogP contribution is -2.51. The Kier molecular flexibility index (Phi) is 5.64. The monoisotopic (exact) mass is 322 g/mol. The Morgan fingerprint density at radius 1 is 1.26 bits per heavy atom. The number of hydrogen-bond donors (Lipinski definition) is 1. The molecule has 2 aliphatic heterocycles. The molecule has 2 unspecified atom stereocenters. The molecule has 2 fully saturated rings. The molecule has 0 aromatic heterocycles. The van der Waals surface area contributed by atoms with Crippen LogP contribution in [0.1, 0.15) is 31.4 Å². The smallest absolute Gasteiger partial charge is 0.129 e. The van der Waals surface area contributed by atoms with Gasteiger partial charge in [-0.25, -0.2) is 4.39 Å². The highest BCUT2D eigenvalue weighted by molar-refractivity contribution is 5.20. The summed E-state index contributed by atoms with van der Waals surface area (Å²) in [4.78, 5) is 4.79. The molecule has 3 rings (SSSR count). The Bertz CT molecular complexity index is 506. The molecule has 0 amide bonds. The second-order valence-corrected chi connectivity index (χ2v) is 6.75. The van der Waals surface area contributed by atoms with Gasteiger partial charge in [0.25, 0.3) is 0 Å². The van der Waals surface area contributed by atoms with Crippen molar-refractivity contribution in [3.8, 4) is 0 Å². The number of halogens is 1. The van der Waals surface area contributed by atoms with E-state index in [0.717, 1.165) is 45.6 Å². The highest BCUT2D eigenvalue weighted by atomic mass is 19.1. The summed E-state index contributed by atoms with van der Waals surface area (Å²) in [6, 6.07) is 7.11. The Labute approximate surface area is 137 Å². The number of rotatable bonds is 4. The fourth-order valence-electron chi connectivity index (χ4n) is 3.73. The predicted molar refractivity (Wildman–Crippen MR) is 87.8 cm³/mol. The summed E-state index contributed by atoms with van der Waals surface area (Å²) >= 11 is 0. The molecule has 2 aliphatic rings. The van der Waals surface area contributed by atoms with E-state index in [1.165, 1.54) is 6.07 Å². The van der Waals surface area contributed by atoms with Crippen molar-refractivity contribution in [3.63, 3.8) is 0 Å². The molecular weight excluding hydrogens is 295 g/mol. The highest BCUT2D eigenvalue weighted by Gasteiger charge is 2.28. The minimum Gasteiger partial charge on any atom is -0.387 e. The number of morpholine rings is 1. The number of benzene rings is 1. The molecule has 1 aromatic rings. The van der Waals surface area contributed by atoms with Crippen LogP contribution in [0.4, 0.5) is 4.39 Å². The predicted octanol–water partition coefficient (Wildman–Crippen LogP) is 2.04. The number of nitrogens with zero attached hydrogens (tertiary/aromatic N) is 2. The summed E-state index contributed by atoms with van der Waals surface area (Å²) < 4.78 is 19.4. The fourth-order valence-corrected chi connectivity index (χ4v) is 3.73. The van der Waals surface area contributed by atoms with E-state index >= 15 is 0 Å². The van der Waals surface area contributed by atoms with Crippen LogP contribution in [0.3, 0.4) is 0 Å². The van der Waals surface area contributed by atoms with E-state index in [0.29, 0.717) is 24.3 Å². The van der Waals surface area contributed by atoms with Crippen LogP contribution in [0.15, 0.2) is 24.3 Å². The van der Waals surface area contributed by atoms with E-state index in [9.17, 15) is 9.50 Å². The van der Waals surface area contributed by atoms with Crippen molar-refractivity contribution in [1.82, 2.24) is 9.80 Å². The van der Waals surface area contributed by atoms with Gasteiger partial charge in [0.2, 0.25) is 0 Å². The van der Waals surface area contributed by atoms with Crippen LogP contribution in [0.2, 0.25) is 0 Å². The summed E-state index contributed by atoms with van der Waals surface area (Å²) in [5.74, 6) is -0.322. The summed E-state index contributed by atoms with van der Waals surface area (Å²) in [5.41, 5.74) is 0.400. The molecule has 0 saturated carbocycles. The van der Waals surface area contributed by atoms with Crippen LogP contribution in [-0.4, -0.2) is 66.4 Å². The van der Waals surface area contributed by atoms with Crippen LogP contribution in [0.5, 0.6) is 0 Å². The average molecular weight is 322 g/mol. The summed E-state index contributed by atoms with van der Waals surface area (Å²) in [5, 5.41) is 10.3. The first-order valence-electron chi connectivity index (χ1n) is 8.64. The minimum absolute atomic E-state index is 0.322. The van der Waals surface area contributed by atoms with Crippen LogP contribution in [-0.2, 0) is 4.74 Å². The van der Waals surface area contributed by atoms with Gasteiger partial charge in [-0.3, -0.25) is 4.90 Å². The molecule has 128 valence electrons. The van der Waals surface area contributed by atoms with Crippen molar-refractivity contribution in [2.75, 3.05) is 39.3 Å². The molecule has 5 heteroatoms. The van der Waals surface area contributed by atoms with E-state index in [2.05, 4.69) is 16.7 Å². The van der Waals surface area contributed by atoms with E-state index in [4.69, 9.17) is 4.74 Å². The van der Waals surface area contributed by atoms with Gasteiger partial charge in [0.1, 0.15) is 5.82 Å². The Balaban J connectivity index is 1.48. The first-order chi connectivity index (χ1) is 11.1. The highest BCUT2D eigenvalue weighted by Crippen LogP contribution is 2.23.